The van der Waals surface area contributed by atoms with Gasteiger partial charge in [-0.1, -0.05) is 6.07 Å². The van der Waals surface area contributed by atoms with Crippen molar-refractivity contribution in [1.82, 2.24) is 5.32 Å². The molecule has 2 aromatic carbocycles. The van der Waals surface area contributed by atoms with Crippen molar-refractivity contribution in [3.8, 4) is 11.5 Å². The number of piperidine rings is 1. The summed E-state index contributed by atoms with van der Waals surface area (Å²) in [6, 6.07) is 10.7. The van der Waals surface area contributed by atoms with Gasteiger partial charge >= 0.3 is 0 Å². The average molecular weight is 468 g/mol. The number of hydrogen-bond donors (Lipinski definition) is 2. The number of carbonyl (C=O) groups is 2. The molecule has 2 aliphatic heterocycles. The summed E-state index contributed by atoms with van der Waals surface area (Å²) in [5, 5.41) is 5.93. The van der Waals surface area contributed by atoms with Crippen molar-refractivity contribution in [2.75, 3.05) is 50.7 Å². The van der Waals surface area contributed by atoms with E-state index in [-0.39, 0.29) is 17.9 Å². The molecule has 4 rings (SSSR count). The van der Waals surface area contributed by atoms with Crippen LogP contribution in [0.4, 0.5) is 11.4 Å². The highest BCUT2D eigenvalue weighted by Crippen LogP contribution is 2.31. The van der Waals surface area contributed by atoms with Gasteiger partial charge in [0.2, 0.25) is 0 Å². The predicted octanol–water partition coefficient (Wildman–Crippen LogP) is 3.86. The first kappa shape index (κ1) is 23.9. The van der Waals surface area contributed by atoms with E-state index in [1.54, 1.807) is 24.3 Å². The second-order valence-corrected chi connectivity index (χ2v) is 8.62. The Bertz CT molecular complexity index is 991. The van der Waals surface area contributed by atoms with Crippen molar-refractivity contribution in [2.45, 2.75) is 38.2 Å². The number of methoxy groups -OCH3 is 2. The summed E-state index contributed by atoms with van der Waals surface area (Å²) in [6.45, 7) is 3.05. The van der Waals surface area contributed by atoms with Gasteiger partial charge in [0, 0.05) is 37.6 Å². The Balaban J connectivity index is 1.59. The van der Waals surface area contributed by atoms with Crippen LogP contribution < -0.4 is 25.0 Å². The fraction of sp³-hybridized carbons (Fsp3) is 0.462. The third-order valence-corrected chi connectivity index (χ3v) is 6.36. The standard InChI is InChI=1S/C26H33N3O5/c1-32-22-9-6-10-23(33-2)24(22)26(31)28-18-11-12-21(29-13-4-3-5-14-29)20(16-18)25(30)27-17-19-8-7-15-34-19/h6,9-12,16,19H,3-5,7-8,13-15,17H2,1-2H3,(H,27,30)(H,28,31)/t19-/m0/s1. The van der Waals surface area contributed by atoms with Crippen LogP contribution in [-0.4, -0.2) is 58.4 Å². The van der Waals surface area contributed by atoms with E-state index in [0.29, 0.717) is 34.9 Å². The van der Waals surface area contributed by atoms with E-state index >= 15 is 0 Å². The van der Waals surface area contributed by atoms with Crippen LogP contribution in [0.2, 0.25) is 0 Å². The molecular formula is C26H33N3O5. The van der Waals surface area contributed by atoms with E-state index in [2.05, 4.69) is 15.5 Å². The van der Waals surface area contributed by atoms with Crippen LogP contribution in [-0.2, 0) is 4.74 Å². The summed E-state index contributed by atoms with van der Waals surface area (Å²) >= 11 is 0. The SMILES string of the molecule is COc1cccc(OC)c1C(=O)Nc1ccc(N2CCCCC2)c(C(=O)NC[C@@H]2CCCO2)c1. The number of benzene rings is 2. The molecule has 2 aromatic rings. The van der Waals surface area contributed by atoms with Crippen LogP contribution >= 0.6 is 0 Å². The molecule has 8 heteroatoms. The van der Waals surface area contributed by atoms with Crippen LogP contribution in [0.25, 0.3) is 0 Å². The molecule has 2 aliphatic rings. The van der Waals surface area contributed by atoms with Crippen molar-refractivity contribution >= 4 is 23.2 Å². The maximum atomic E-state index is 13.2. The molecule has 0 radical (unpaired) electrons. The number of nitrogens with zero attached hydrogens (tertiary/aromatic N) is 1. The van der Waals surface area contributed by atoms with Crippen LogP contribution in [0.1, 0.15) is 52.8 Å². The van der Waals surface area contributed by atoms with Crippen LogP contribution in [0, 0.1) is 0 Å². The highest BCUT2D eigenvalue weighted by atomic mass is 16.5. The fourth-order valence-corrected chi connectivity index (χ4v) is 4.58. The monoisotopic (exact) mass is 467 g/mol. The maximum Gasteiger partial charge on any atom is 0.263 e. The number of ether oxygens (including phenoxy) is 3. The smallest absolute Gasteiger partial charge is 0.263 e. The van der Waals surface area contributed by atoms with Crippen molar-refractivity contribution in [3.05, 3.63) is 47.5 Å². The molecule has 34 heavy (non-hydrogen) atoms. The lowest BCUT2D eigenvalue weighted by molar-refractivity contribution is 0.0858. The molecule has 2 amide bonds. The van der Waals surface area contributed by atoms with E-state index in [4.69, 9.17) is 14.2 Å². The molecule has 0 aliphatic carbocycles. The zero-order valence-electron chi connectivity index (χ0n) is 19.9. The van der Waals surface area contributed by atoms with Gasteiger partial charge in [-0.15, -0.1) is 0 Å². The van der Waals surface area contributed by atoms with E-state index in [1.807, 2.05) is 12.1 Å². The van der Waals surface area contributed by atoms with Gasteiger partial charge in [-0.2, -0.15) is 0 Å². The van der Waals surface area contributed by atoms with Crippen LogP contribution in [0.5, 0.6) is 11.5 Å². The Kier molecular flexibility index (Phi) is 7.90. The van der Waals surface area contributed by atoms with Crippen molar-refractivity contribution < 1.29 is 23.8 Å². The van der Waals surface area contributed by atoms with Gasteiger partial charge in [-0.25, -0.2) is 0 Å². The molecule has 2 fully saturated rings. The van der Waals surface area contributed by atoms with Gasteiger partial charge in [0.1, 0.15) is 17.1 Å². The van der Waals surface area contributed by atoms with Gasteiger partial charge in [0.25, 0.3) is 11.8 Å². The number of hydrogen-bond acceptors (Lipinski definition) is 6. The first-order valence-corrected chi connectivity index (χ1v) is 11.9. The molecule has 8 nitrogen and oxygen atoms in total. The number of carbonyl (C=O) groups excluding carboxylic acids is 2. The van der Waals surface area contributed by atoms with E-state index in [1.165, 1.54) is 20.6 Å². The van der Waals surface area contributed by atoms with Crippen molar-refractivity contribution in [3.63, 3.8) is 0 Å². The lowest BCUT2D eigenvalue weighted by atomic mass is 10.1. The predicted molar refractivity (Wildman–Crippen MR) is 131 cm³/mol. The fourth-order valence-electron chi connectivity index (χ4n) is 4.58. The number of amides is 2. The number of rotatable bonds is 8. The minimum atomic E-state index is -0.370. The molecule has 0 aromatic heterocycles. The molecule has 2 saturated heterocycles. The normalized spacial score (nSPS) is 17.8. The summed E-state index contributed by atoms with van der Waals surface area (Å²) in [4.78, 5) is 28.6. The first-order chi connectivity index (χ1) is 16.6. The maximum absolute atomic E-state index is 13.2. The summed E-state index contributed by atoms with van der Waals surface area (Å²) in [6.07, 6.45) is 5.44. The third-order valence-electron chi connectivity index (χ3n) is 6.36. The van der Waals surface area contributed by atoms with E-state index < -0.39 is 0 Å². The molecule has 0 bridgehead atoms. The largest absolute Gasteiger partial charge is 0.496 e. The van der Waals surface area contributed by atoms with Crippen molar-refractivity contribution in [2.24, 2.45) is 0 Å². The van der Waals surface area contributed by atoms with E-state index in [0.717, 1.165) is 51.1 Å². The Morgan fingerprint density at radius 3 is 2.38 bits per heavy atom. The lowest BCUT2D eigenvalue weighted by Crippen LogP contribution is -2.35. The molecule has 2 N–H and O–H groups in total. The summed E-state index contributed by atoms with van der Waals surface area (Å²) < 4.78 is 16.4. The zero-order chi connectivity index (χ0) is 23.9. The first-order valence-electron chi connectivity index (χ1n) is 11.9. The molecule has 0 saturated carbocycles. The summed E-state index contributed by atoms with van der Waals surface area (Å²) in [5.74, 6) is 0.292. The average Bonchev–Trinajstić information content (AvgIpc) is 3.41. The topological polar surface area (TPSA) is 89.1 Å². The van der Waals surface area contributed by atoms with Gasteiger partial charge in [0.15, 0.2) is 0 Å². The third kappa shape index (κ3) is 5.44. The minimum absolute atomic E-state index is 0.0586. The second kappa shape index (κ2) is 11.2. The Hall–Kier alpha value is -3.26. The molecular weight excluding hydrogens is 434 g/mol. The van der Waals surface area contributed by atoms with Gasteiger partial charge in [0.05, 0.1) is 25.9 Å². The van der Waals surface area contributed by atoms with Gasteiger partial charge < -0.3 is 29.7 Å². The molecule has 1 atom stereocenters. The zero-order valence-corrected chi connectivity index (χ0v) is 19.9. The summed E-state index contributed by atoms with van der Waals surface area (Å²) in [7, 11) is 3.02. The number of nitrogens with one attached hydrogen (secondary N) is 2. The molecule has 2 heterocycles. The van der Waals surface area contributed by atoms with Crippen LogP contribution in [0.3, 0.4) is 0 Å². The molecule has 0 unspecified atom stereocenters. The quantitative estimate of drug-likeness (QED) is 0.613. The Labute approximate surface area is 200 Å². The van der Waals surface area contributed by atoms with Crippen LogP contribution in [0.15, 0.2) is 36.4 Å². The number of anilines is 2. The van der Waals surface area contributed by atoms with E-state index in [9.17, 15) is 9.59 Å². The summed E-state index contributed by atoms with van der Waals surface area (Å²) in [5.41, 5.74) is 2.26. The molecule has 0 spiro atoms. The van der Waals surface area contributed by atoms with Gasteiger partial charge in [-0.3, -0.25) is 9.59 Å². The highest BCUT2D eigenvalue weighted by molar-refractivity contribution is 6.09. The second-order valence-electron chi connectivity index (χ2n) is 8.62. The molecule has 182 valence electrons. The highest BCUT2D eigenvalue weighted by Gasteiger charge is 2.23. The lowest BCUT2D eigenvalue weighted by Gasteiger charge is -2.30. The van der Waals surface area contributed by atoms with Gasteiger partial charge in [-0.05, 0) is 62.4 Å². The minimum Gasteiger partial charge on any atom is -0.496 e. The Morgan fingerprint density at radius 2 is 1.74 bits per heavy atom. The van der Waals surface area contributed by atoms with Crippen molar-refractivity contribution in [1.29, 1.82) is 0 Å². The Morgan fingerprint density at radius 1 is 1.00 bits per heavy atom.